The minimum atomic E-state index is -0.216. The molecule has 0 saturated heterocycles. The number of fused-ring (bicyclic) bond motifs is 1. The van der Waals surface area contributed by atoms with Crippen LogP contribution >= 0.6 is 15.9 Å². The minimum Gasteiger partial charge on any atom is -0.397 e. The molecule has 0 saturated carbocycles. The van der Waals surface area contributed by atoms with Crippen molar-refractivity contribution in [2.24, 2.45) is 0 Å². The zero-order chi connectivity index (χ0) is 14.3. The third kappa shape index (κ3) is 1.94. The zero-order valence-electron chi connectivity index (χ0n) is 10.4. The van der Waals surface area contributed by atoms with E-state index in [1.165, 1.54) is 0 Å². The van der Waals surface area contributed by atoms with Crippen molar-refractivity contribution in [2.75, 3.05) is 11.5 Å². The summed E-state index contributed by atoms with van der Waals surface area (Å²) in [5, 5.41) is 7.99. The van der Waals surface area contributed by atoms with Crippen molar-refractivity contribution in [2.45, 2.75) is 0 Å². The average molecular weight is 331 g/mol. The van der Waals surface area contributed by atoms with Crippen molar-refractivity contribution in [1.29, 1.82) is 0 Å². The van der Waals surface area contributed by atoms with Crippen molar-refractivity contribution in [3.63, 3.8) is 0 Å². The second-order valence-electron chi connectivity index (χ2n) is 4.41. The largest absolute Gasteiger partial charge is 0.397 e. The standard InChI is InChI=1S/C14H11BrN4O/c15-10-5-7(6-11(16)12(10)17)13-8-3-1-2-4-9(8)14(20)19-18-13/h1-6H,16-17H2,(H,19,20). The van der Waals surface area contributed by atoms with Gasteiger partial charge >= 0.3 is 0 Å². The van der Waals surface area contributed by atoms with E-state index in [0.29, 0.717) is 26.9 Å². The van der Waals surface area contributed by atoms with Gasteiger partial charge in [0.15, 0.2) is 0 Å². The maximum Gasteiger partial charge on any atom is 0.272 e. The number of nitrogens with one attached hydrogen (secondary N) is 1. The van der Waals surface area contributed by atoms with Gasteiger partial charge in [0.25, 0.3) is 5.56 Å². The third-order valence-corrected chi connectivity index (χ3v) is 3.79. The second-order valence-corrected chi connectivity index (χ2v) is 5.26. The van der Waals surface area contributed by atoms with Crippen LogP contribution in [0.2, 0.25) is 0 Å². The van der Waals surface area contributed by atoms with Crippen LogP contribution in [0.25, 0.3) is 22.0 Å². The Labute approximate surface area is 122 Å². The summed E-state index contributed by atoms with van der Waals surface area (Å²) < 4.78 is 0.699. The summed E-state index contributed by atoms with van der Waals surface area (Å²) in [7, 11) is 0. The fourth-order valence-electron chi connectivity index (χ4n) is 2.11. The van der Waals surface area contributed by atoms with E-state index in [0.717, 1.165) is 10.9 Å². The average Bonchev–Trinajstić information content (AvgIpc) is 2.45. The molecule has 6 heteroatoms. The first-order valence-corrected chi connectivity index (χ1v) is 6.69. The van der Waals surface area contributed by atoms with Gasteiger partial charge in [0.05, 0.1) is 22.5 Å². The quantitative estimate of drug-likeness (QED) is 0.597. The van der Waals surface area contributed by atoms with Crippen LogP contribution in [-0.4, -0.2) is 10.2 Å². The SMILES string of the molecule is Nc1cc(-c2n[nH]c(=O)c3ccccc23)cc(Br)c1N. The Balaban J connectivity index is 2.36. The van der Waals surface area contributed by atoms with E-state index in [-0.39, 0.29) is 5.56 Å². The molecule has 100 valence electrons. The number of aromatic nitrogens is 2. The maximum atomic E-state index is 11.8. The Morgan fingerprint density at radius 3 is 2.50 bits per heavy atom. The first-order valence-electron chi connectivity index (χ1n) is 5.90. The molecule has 2 aromatic carbocycles. The molecule has 1 heterocycles. The number of rotatable bonds is 1. The summed E-state index contributed by atoms with van der Waals surface area (Å²) in [6.45, 7) is 0. The van der Waals surface area contributed by atoms with Gasteiger partial charge in [0.1, 0.15) is 0 Å². The smallest absolute Gasteiger partial charge is 0.272 e. The van der Waals surface area contributed by atoms with Crippen LogP contribution in [0.15, 0.2) is 45.7 Å². The Bertz CT molecular complexity index is 849. The molecular formula is C14H11BrN4O. The molecule has 3 rings (SSSR count). The topological polar surface area (TPSA) is 97.8 Å². The molecule has 0 amide bonds. The van der Waals surface area contributed by atoms with E-state index >= 15 is 0 Å². The van der Waals surface area contributed by atoms with Crippen LogP contribution in [0.5, 0.6) is 0 Å². The lowest BCUT2D eigenvalue weighted by Crippen LogP contribution is -2.09. The highest BCUT2D eigenvalue weighted by atomic mass is 79.9. The molecule has 0 spiro atoms. The highest BCUT2D eigenvalue weighted by Crippen LogP contribution is 2.33. The third-order valence-electron chi connectivity index (χ3n) is 3.13. The molecule has 0 bridgehead atoms. The van der Waals surface area contributed by atoms with Gasteiger partial charge in [0, 0.05) is 15.4 Å². The first-order chi connectivity index (χ1) is 9.58. The Morgan fingerprint density at radius 2 is 1.80 bits per heavy atom. The number of halogens is 1. The Hall–Kier alpha value is -2.34. The van der Waals surface area contributed by atoms with E-state index in [1.807, 2.05) is 24.3 Å². The van der Waals surface area contributed by atoms with Crippen LogP contribution in [0.4, 0.5) is 11.4 Å². The fraction of sp³-hybridized carbons (Fsp3) is 0. The van der Waals surface area contributed by atoms with Crippen LogP contribution in [0, 0.1) is 0 Å². The normalized spacial score (nSPS) is 10.8. The second kappa shape index (κ2) is 4.64. The van der Waals surface area contributed by atoms with Gasteiger partial charge in [-0.15, -0.1) is 0 Å². The number of nitrogens with zero attached hydrogens (tertiary/aromatic N) is 1. The molecule has 0 aliphatic heterocycles. The highest BCUT2D eigenvalue weighted by Gasteiger charge is 2.11. The van der Waals surface area contributed by atoms with E-state index in [2.05, 4.69) is 26.1 Å². The number of benzene rings is 2. The lowest BCUT2D eigenvalue weighted by Gasteiger charge is -2.09. The van der Waals surface area contributed by atoms with Crippen LogP contribution < -0.4 is 17.0 Å². The van der Waals surface area contributed by atoms with Gasteiger partial charge in [-0.05, 0) is 34.1 Å². The predicted molar refractivity (Wildman–Crippen MR) is 84.3 cm³/mol. The summed E-state index contributed by atoms with van der Waals surface area (Å²) >= 11 is 3.37. The van der Waals surface area contributed by atoms with Crippen molar-refractivity contribution < 1.29 is 0 Å². The Morgan fingerprint density at radius 1 is 1.10 bits per heavy atom. The van der Waals surface area contributed by atoms with E-state index in [1.54, 1.807) is 12.1 Å². The molecule has 20 heavy (non-hydrogen) atoms. The van der Waals surface area contributed by atoms with E-state index < -0.39 is 0 Å². The number of nitrogen functional groups attached to an aromatic ring is 2. The maximum absolute atomic E-state index is 11.8. The predicted octanol–water partition coefficient (Wildman–Crippen LogP) is 2.52. The number of anilines is 2. The summed E-state index contributed by atoms with van der Waals surface area (Å²) in [6.07, 6.45) is 0. The molecule has 3 aromatic rings. The molecule has 0 fully saturated rings. The number of nitrogens with two attached hydrogens (primary N) is 2. The van der Waals surface area contributed by atoms with Crippen molar-refractivity contribution in [1.82, 2.24) is 10.2 Å². The summed E-state index contributed by atoms with van der Waals surface area (Å²) in [6, 6.07) is 10.9. The fourth-order valence-corrected chi connectivity index (χ4v) is 2.59. The number of aromatic amines is 1. The van der Waals surface area contributed by atoms with Crippen LogP contribution in [-0.2, 0) is 0 Å². The van der Waals surface area contributed by atoms with E-state index in [4.69, 9.17) is 11.5 Å². The van der Waals surface area contributed by atoms with Gasteiger partial charge in [0.2, 0.25) is 0 Å². The Kier molecular flexibility index (Phi) is 2.94. The van der Waals surface area contributed by atoms with Gasteiger partial charge in [-0.3, -0.25) is 4.79 Å². The molecule has 5 N–H and O–H groups in total. The first kappa shape index (κ1) is 12.7. The van der Waals surface area contributed by atoms with Gasteiger partial charge in [-0.2, -0.15) is 5.10 Å². The van der Waals surface area contributed by atoms with Crippen molar-refractivity contribution in [3.8, 4) is 11.3 Å². The number of hydrogen-bond donors (Lipinski definition) is 3. The van der Waals surface area contributed by atoms with Gasteiger partial charge < -0.3 is 11.5 Å². The zero-order valence-corrected chi connectivity index (χ0v) is 11.9. The van der Waals surface area contributed by atoms with Gasteiger partial charge in [-0.25, -0.2) is 5.10 Å². The van der Waals surface area contributed by atoms with Crippen molar-refractivity contribution in [3.05, 3.63) is 51.2 Å². The molecule has 0 aliphatic carbocycles. The number of hydrogen-bond acceptors (Lipinski definition) is 4. The molecule has 0 aliphatic rings. The van der Waals surface area contributed by atoms with Crippen LogP contribution in [0.3, 0.4) is 0 Å². The molecule has 0 atom stereocenters. The summed E-state index contributed by atoms with van der Waals surface area (Å²) in [5.41, 5.74) is 13.9. The van der Waals surface area contributed by atoms with Crippen LogP contribution in [0.1, 0.15) is 0 Å². The van der Waals surface area contributed by atoms with Crippen molar-refractivity contribution >= 4 is 38.1 Å². The monoisotopic (exact) mass is 330 g/mol. The lowest BCUT2D eigenvalue weighted by molar-refractivity contribution is 1.02. The molecule has 0 unspecified atom stereocenters. The minimum absolute atomic E-state index is 0.216. The molecule has 1 aromatic heterocycles. The highest BCUT2D eigenvalue weighted by molar-refractivity contribution is 9.10. The summed E-state index contributed by atoms with van der Waals surface area (Å²) in [4.78, 5) is 11.8. The lowest BCUT2D eigenvalue weighted by atomic mass is 10.0. The van der Waals surface area contributed by atoms with E-state index in [9.17, 15) is 4.79 Å². The summed E-state index contributed by atoms with van der Waals surface area (Å²) in [5.74, 6) is 0. The molecule has 5 nitrogen and oxygen atoms in total. The number of H-pyrrole nitrogens is 1. The molecule has 0 radical (unpaired) electrons. The molecular weight excluding hydrogens is 320 g/mol. The van der Waals surface area contributed by atoms with Gasteiger partial charge in [-0.1, -0.05) is 18.2 Å².